The predicted octanol–water partition coefficient (Wildman–Crippen LogP) is 2.23. The average molecular weight is 247 g/mol. The minimum absolute atomic E-state index is 0. The van der Waals surface area contributed by atoms with Crippen LogP contribution in [0, 0.1) is 12.7 Å². The van der Waals surface area contributed by atoms with Gasteiger partial charge in [-0.25, -0.2) is 4.39 Å². The average Bonchev–Trinajstić information content (AvgIpc) is 2.20. The van der Waals surface area contributed by atoms with Crippen LogP contribution in [0.4, 0.5) is 10.1 Å². The van der Waals surface area contributed by atoms with Crippen LogP contribution in [-0.2, 0) is 4.79 Å². The molecule has 1 aromatic rings. The first-order valence-corrected chi connectivity index (χ1v) is 4.89. The van der Waals surface area contributed by atoms with E-state index < -0.39 is 0 Å². The zero-order valence-electron chi connectivity index (χ0n) is 9.13. The van der Waals surface area contributed by atoms with Gasteiger partial charge in [0.15, 0.2) is 0 Å². The topological polar surface area (TPSA) is 55.1 Å². The molecule has 0 bridgehead atoms. The van der Waals surface area contributed by atoms with Crippen LogP contribution in [0.5, 0.6) is 0 Å². The fourth-order valence-corrected chi connectivity index (χ4v) is 1.21. The Morgan fingerprint density at radius 2 is 2.19 bits per heavy atom. The summed E-state index contributed by atoms with van der Waals surface area (Å²) in [5, 5.41) is 2.68. The number of nitrogens with two attached hydrogens (primary N) is 1. The van der Waals surface area contributed by atoms with Crippen molar-refractivity contribution in [2.45, 2.75) is 19.8 Å². The van der Waals surface area contributed by atoms with E-state index in [-0.39, 0.29) is 24.1 Å². The lowest BCUT2D eigenvalue weighted by Gasteiger charge is -2.05. The number of amides is 1. The number of hydrogen-bond acceptors (Lipinski definition) is 2. The molecule has 3 nitrogen and oxygen atoms in total. The van der Waals surface area contributed by atoms with Crippen molar-refractivity contribution in [3.8, 4) is 0 Å². The van der Waals surface area contributed by atoms with Crippen molar-refractivity contribution in [3.63, 3.8) is 0 Å². The Balaban J connectivity index is 0.00000225. The van der Waals surface area contributed by atoms with Crippen LogP contribution in [0.3, 0.4) is 0 Å². The number of aryl methyl sites for hydroxylation is 1. The molecule has 0 aliphatic rings. The van der Waals surface area contributed by atoms with Gasteiger partial charge >= 0.3 is 0 Å². The Morgan fingerprint density at radius 3 is 2.75 bits per heavy atom. The van der Waals surface area contributed by atoms with Gasteiger partial charge in [0.2, 0.25) is 5.91 Å². The molecule has 5 heteroatoms. The summed E-state index contributed by atoms with van der Waals surface area (Å²) in [6.45, 7) is 2.15. The number of anilines is 1. The minimum Gasteiger partial charge on any atom is -0.330 e. The summed E-state index contributed by atoms with van der Waals surface area (Å²) < 4.78 is 12.9. The van der Waals surface area contributed by atoms with Gasteiger partial charge in [0.1, 0.15) is 5.82 Å². The summed E-state index contributed by atoms with van der Waals surface area (Å²) in [6.07, 6.45) is 1.05. The normalized spacial score (nSPS) is 9.44. The molecule has 0 aromatic heterocycles. The second kappa shape index (κ2) is 7.19. The first kappa shape index (κ1) is 14.9. The molecular weight excluding hydrogens is 231 g/mol. The Kier molecular flexibility index (Phi) is 6.69. The van der Waals surface area contributed by atoms with E-state index in [4.69, 9.17) is 5.73 Å². The summed E-state index contributed by atoms with van der Waals surface area (Å²) in [6, 6.07) is 4.49. The van der Waals surface area contributed by atoms with E-state index >= 15 is 0 Å². The first-order valence-electron chi connectivity index (χ1n) is 4.89. The third-order valence-electron chi connectivity index (χ3n) is 2.05. The molecule has 1 amide bonds. The van der Waals surface area contributed by atoms with Gasteiger partial charge in [-0.2, -0.15) is 0 Å². The highest BCUT2D eigenvalue weighted by atomic mass is 35.5. The second-order valence-electron chi connectivity index (χ2n) is 3.40. The number of nitrogens with one attached hydrogen (secondary N) is 1. The maximum Gasteiger partial charge on any atom is 0.224 e. The van der Waals surface area contributed by atoms with Gasteiger partial charge in [-0.1, -0.05) is 0 Å². The van der Waals surface area contributed by atoms with E-state index in [1.807, 2.05) is 0 Å². The molecule has 0 saturated carbocycles. The maximum atomic E-state index is 12.9. The van der Waals surface area contributed by atoms with Crippen molar-refractivity contribution in [3.05, 3.63) is 29.6 Å². The zero-order chi connectivity index (χ0) is 11.3. The highest BCUT2D eigenvalue weighted by Gasteiger charge is 2.03. The van der Waals surface area contributed by atoms with Crippen LogP contribution in [-0.4, -0.2) is 12.5 Å². The summed E-state index contributed by atoms with van der Waals surface area (Å²) in [7, 11) is 0. The molecule has 0 saturated heterocycles. The van der Waals surface area contributed by atoms with Gasteiger partial charge in [0.25, 0.3) is 0 Å². The van der Waals surface area contributed by atoms with Gasteiger partial charge in [0, 0.05) is 12.1 Å². The molecule has 0 fully saturated rings. The summed E-state index contributed by atoms with van der Waals surface area (Å²) in [5.41, 5.74) is 6.43. The fraction of sp³-hybridized carbons (Fsp3) is 0.364. The molecule has 3 N–H and O–H groups in total. The lowest BCUT2D eigenvalue weighted by atomic mass is 10.2. The molecule has 1 aromatic carbocycles. The van der Waals surface area contributed by atoms with Crippen molar-refractivity contribution >= 4 is 24.0 Å². The number of carbonyl (C=O) groups is 1. The SMILES string of the molecule is Cc1cc(NC(=O)CCCN)ccc1F.Cl. The van der Waals surface area contributed by atoms with Gasteiger partial charge in [0.05, 0.1) is 0 Å². The fourth-order valence-electron chi connectivity index (χ4n) is 1.21. The van der Waals surface area contributed by atoms with Crippen LogP contribution < -0.4 is 11.1 Å². The van der Waals surface area contributed by atoms with Crippen molar-refractivity contribution in [2.75, 3.05) is 11.9 Å². The minimum atomic E-state index is -0.269. The van der Waals surface area contributed by atoms with E-state index in [9.17, 15) is 9.18 Å². The number of carbonyl (C=O) groups excluding carboxylic acids is 1. The zero-order valence-corrected chi connectivity index (χ0v) is 9.94. The Morgan fingerprint density at radius 1 is 1.50 bits per heavy atom. The Bertz CT molecular complexity index is 358. The molecule has 0 aliphatic carbocycles. The molecule has 0 heterocycles. The van der Waals surface area contributed by atoms with Gasteiger partial charge in [-0.3, -0.25) is 4.79 Å². The molecule has 0 aliphatic heterocycles. The molecule has 1 rings (SSSR count). The van der Waals surface area contributed by atoms with Crippen molar-refractivity contribution < 1.29 is 9.18 Å². The number of halogens is 2. The lowest BCUT2D eigenvalue weighted by molar-refractivity contribution is -0.116. The lowest BCUT2D eigenvalue weighted by Crippen LogP contribution is -2.13. The number of rotatable bonds is 4. The van der Waals surface area contributed by atoms with Crippen LogP contribution in [0.25, 0.3) is 0 Å². The molecule has 0 radical (unpaired) electrons. The van der Waals surface area contributed by atoms with E-state index in [0.29, 0.717) is 30.6 Å². The van der Waals surface area contributed by atoms with Gasteiger partial charge < -0.3 is 11.1 Å². The Hall–Kier alpha value is -1.13. The van der Waals surface area contributed by atoms with Crippen LogP contribution >= 0.6 is 12.4 Å². The highest BCUT2D eigenvalue weighted by Crippen LogP contribution is 2.13. The summed E-state index contributed by atoms with van der Waals surface area (Å²) in [5.74, 6) is -0.360. The molecular formula is C11H16ClFN2O. The molecule has 0 spiro atoms. The van der Waals surface area contributed by atoms with Crippen LogP contribution in [0.2, 0.25) is 0 Å². The highest BCUT2D eigenvalue weighted by molar-refractivity contribution is 5.90. The van der Waals surface area contributed by atoms with E-state index in [1.54, 1.807) is 19.1 Å². The first-order chi connectivity index (χ1) is 7.13. The Labute approximate surface area is 101 Å². The quantitative estimate of drug-likeness (QED) is 0.856. The monoisotopic (exact) mass is 246 g/mol. The number of hydrogen-bond donors (Lipinski definition) is 2. The maximum absolute atomic E-state index is 12.9. The molecule has 16 heavy (non-hydrogen) atoms. The van der Waals surface area contributed by atoms with Crippen molar-refractivity contribution in [1.82, 2.24) is 0 Å². The van der Waals surface area contributed by atoms with E-state index in [0.717, 1.165) is 0 Å². The summed E-state index contributed by atoms with van der Waals surface area (Å²) >= 11 is 0. The van der Waals surface area contributed by atoms with Gasteiger partial charge in [-0.05, 0) is 43.7 Å². The molecule has 0 unspecified atom stereocenters. The molecule has 90 valence electrons. The van der Waals surface area contributed by atoms with E-state index in [2.05, 4.69) is 5.32 Å². The van der Waals surface area contributed by atoms with E-state index in [1.165, 1.54) is 6.07 Å². The summed E-state index contributed by atoms with van der Waals surface area (Å²) in [4.78, 5) is 11.3. The smallest absolute Gasteiger partial charge is 0.224 e. The van der Waals surface area contributed by atoms with Crippen molar-refractivity contribution in [1.29, 1.82) is 0 Å². The number of benzene rings is 1. The third-order valence-corrected chi connectivity index (χ3v) is 2.05. The molecule has 0 atom stereocenters. The predicted molar refractivity (Wildman–Crippen MR) is 65.3 cm³/mol. The van der Waals surface area contributed by atoms with Crippen LogP contribution in [0.15, 0.2) is 18.2 Å². The largest absolute Gasteiger partial charge is 0.330 e. The van der Waals surface area contributed by atoms with Gasteiger partial charge in [-0.15, -0.1) is 12.4 Å². The standard InChI is InChI=1S/C11H15FN2O.ClH/c1-8-7-9(4-5-10(8)12)14-11(15)3-2-6-13;/h4-5,7H,2-3,6,13H2,1H3,(H,14,15);1H. The van der Waals surface area contributed by atoms with Crippen molar-refractivity contribution in [2.24, 2.45) is 5.73 Å². The third kappa shape index (κ3) is 4.59. The second-order valence-corrected chi connectivity index (χ2v) is 3.40. The van der Waals surface area contributed by atoms with Crippen LogP contribution in [0.1, 0.15) is 18.4 Å².